The van der Waals surface area contributed by atoms with Crippen molar-refractivity contribution in [1.29, 1.82) is 5.26 Å². The Morgan fingerprint density at radius 2 is 1.95 bits per heavy atom. The molecule has 5 rings (SSSR count). The number of nitrogens with one attached hydrogen (secondary N) is 2. The van der Waals surface area contributed by atoms with Crippen molar-refractivity contribution in [3.63, 3.8) is 0 Å². The summed E-state index contributed by atoms with van der Waals surface area (Å²) in [5.41, 5.74) is 7.96. The molecule has 12 heteroatoms. The standard InChI is InChI=1S/C27H20F2N8OS/c1-14(15-2-5-20(28)21(29)9-15)36-27(38)24-26(32-11-17(10-30)37-24)33-12-18-4-7-23(39-18)16-3-6-22-19(8-16)25(31)35-13-34-22/h2-9,11,13-14H,12H2,1H3,(H,32,33)(H,36,38)(H2,31,34,35). The first-order valence-corrected chi connectivity index (χ1v) is 12.5. The average Bonchev–Trinajstić information content (AvgIpc) is 3.42. The van der Waals surface area contributed by atoms with Gasteiger partial charge < -0.3 is 16.4 Å². The average molecular weight is 543 g/mol. The number of fused-ring (bicyclic) bond motifs is 1. The quantitative estimate of drug-likeness (QED) is 0.261. The van der Waals surface area contributed by atoms with E-state index in [0.29, 0.717) is 17.9 Å². The van der Waals surface area contributed by atoms with Gasteiger partial charge in [0.1, 0.15) is 18.2 Å². The van der Waals surface area contributed by atoms with Gasteiger partial charge >= 0.3 is 0 Å². The van der Waals surface area contributed by atoms with Crippen LogP contribution in [0.5, 0.6) is 0 Å². The Morgan fingerprint density at radius 1 is 1.10 bits per heavy atom. The summed E-state index contributed by atoms with van der Waals surface area (Å²) in [6, 6.07) is 14.3. The molecule has 39 heavy (non-hydrogen) atoms. The van der Waals surface area contributed by atoms with E-state index in [1.165, 1.54) is 18.6 Å². The molecular formula is C27H20F2N8OS. The van der Waals surface area contributed by atoms with Crippen LogP contribution in [0, 0.1) is 23.0 Å². The van der Waals surface area contributed by atoms with E-state index < -0.39 is 23.6 Å². The fourth-order valence-corrected chi connectivity index (χ4v) is 4.83. The van der Waals surface area contributed by atoms with Crippen LogP contribution in [-0.2, 0) is 6.54 Å². The molecule has 2 aromatic carbocycles. The number of anilines is 2. The second-order valence-corrected chi connectivity index (χ2v) is 9.71. The summed E-state index contributed by atoms with van der Waals surface area (Å²) in [6.07, 6.45) is 2.69. The number of halogens is 2. The second kappa shape index (κ2) is 10.8. The first kappa shape index (κ1) is 25.6. The lowest BCUT2D eigenvalue weighted by atomic mass is 10.1. The molecule has 0 fully saturated rings. The summed E-state index contributed by atoms with van der Waals surface area (Å²) in [7, 11) is 0. The van der Waals surface area contributed by atoms with E-state index in [2.05, 4.69) is 30.6 Å². The van der Waals surface area contributed by atoms with Crippen molar-refractivity contribution in [2.24, 2.45) is 0 Å². The number of aromatic nitrogens is 4. The summed E-state index contributed by atoms with van der Waals surface area (Å²) in [6.45, 7) is 1.96. The van der Waals surface area contributed by atoms with Crippen molar-refractivity contribution in [1.82, 2.24) is 25.3 Å². The van der Waals surface area contributed by atoms with Crippen LogP contribution >= 0.6 is 11.3 Å². The zero-order chi connectivity index (χ0) is 27.5. The van der Waals surface area contributed by atoms with Crippen molar-refractivity contribution in [3.8, 4) is 16.5 Å². The maximum atomic E-state index is 13.7. The third-order valence-corrected chi connectivity index (χ3v) is 7.07. The molecule has 0 spiro atoms. The van der Waals surface area contributed by atoms with Gasteiger partial charge in [0, 0.05) is 15.1 Å². The topological polar surface area (TPSA) is 142 Å². The summed E-state index contributed by atoms with van der Waals surface area (Å²) in [5, 5.41) is 15.8. The summed E-state index contributed by atoms with van der Waals surface area (Å²) >= 11 is 1.54. The van der Waals surface area contributed by atoms with Gasteiger partial charge in [0.05, 0.1) is 24.3 Å². The van der Waals surface area contributed by atoms with Gasteiger partial charge in [-0.15, -0.1) is 11.3 Å². The van der Waals surface area contributed by atoms with E-state index in [1.807, 2.05) is 36.4 Å². The molecular weight excluding hydrogens is 522 g/mol. The van der Waals surface area contributed by atoms with Gasteiger partial charge in [-0.1, -0.05) is 12.1 Å². The third kappa shape index (κ3) is 5.48. The van der Waals surface area contributed by atoms with E-state index in [-0.39, 0.29) is 17.2 Å². The van der Waals surface area contributed by atoms with Crippen LogP contribution in [0.1, 0.15) is 39.6 Å². The molecule has 3 aromatic heterocycles. The molecule has 0 saturated heterocycles. The van der Waals surface area contributed by atoms with Crippen molar-refractivity contribution in [2.75, 3.05) is 11.1 Å². The zero-order valence-electron chi connectivity index (χ0n) is 20.4. The van der Waals surface area contributed by atoms with Gasteiger partial charge in [0.2, 0.25) is 0 Å². The number of nitrogens with zero attached hydrogens (tertiary/aromatic N) is 5. The molecule has 9 nitrogen and oxygen atoms in total. The predicted octanol–water partition coefficient (Wildman–Crippen LogP) is 4.98. The molecule has 1 amide bonds. The van der Waals surface area contributed by atoms with Gasteiger partial charge in [0.25, 0.3) is 5.91 Å². The van der Waals surface area contributed by atoms with Crippen LogP contribution in [0.25, 0.3) is 21.3 Å². The van der Waals surface area contributed by atoms with Gasteiger partial charge in [-0.2, -0.15) is 5.26 Å². The number of nitrogen functional groups attached to an aromatic ring is 1. The number of hydrogen-bond donors (Lipinski definition) is 3. The summed E-state index contributed by atoms with van der Waals surface area (Å²) in [4.78, 5) is 31.6. The van der Waals surface area contributed by atoms with E-state index >= 15 is 0 Å². The van der Waals surface area contributed by atoms with Crippen LogP contribution in [0.4, 0.5) is 20.4 Å². The minimum absolute atomic E-state index is 0.0378. The highest BCUT2D eigenvalue weighted by Gasteiger charge is 2.20. The largest absolute Gasteiger partial charge is 0.383 e. The van der Waals surface area contributed by atoms with E-state index in [4.69, 9.17) is 5.73 Å². The van der Waals surface area contributed by atoms with Crippen molar-refractivity contribution in [2.45, 2.75) is 19.5 Å². The number of nitriles is 1. The molecule has 5 aromatic rings. The maximum Gasteiger partial charge on any atom is 0.274 e. The van der Waals surface area contributed by atoms with E-state index in [1.54, 1.807) is 18.3 Å². The Labute approximate surface area is 225 Å². The van der Waals surface area contributed by atoms with Crippen LogP contribution < -0.4 is 16.4 Å². The highest BCUT2D eigenvalue weighted by molar-refractivity contribution is 7.15. The molecule has 0 aliphatic heterocycles. The molecule has 3 heterocycles. The fraction of sp³-hybridized carbons (Fsp3) is 0.111. The van der Waals surface area contributed by atoms with Gasteiger partial charge in [-0.3, -0.25) is 4.79 Å². The van der Waals surface area contributed by atoms with Crippen molar-refractivity contribution < 1.29 is 13.6 Å². The zero-order valence-corrected chi connectivity index (χ0v) is 21.3. The third-order valence-electron chi connectivity index (χ3n) is 5.94. The van der Waals surface area contributed by atoms with Gasteiger partial charge in [-0.05, 0) is 54.4 Å². The summed E-state index contributed by atoms with van der Waals surface area (Å²) < 4.78 is 27.0. The molecule has 194 valence electrons. The van der Waals surface area contributed by atoms with Crippen LogP contribution in [-0.4, -0.2) is 25.8 Å². The molecule has 1 atom stereocenters. The lowest BCUT2D eigenvalue weighted by Gasteiger charge is -2.16. The number of carbonyl (C=O) groups excluding carboxylic acids is 1. The number of amides is 1. The number of benzene rings is 2. The first-order chi connectivity index (χ1) is 18.8. The molecule has 0 bridgehead atoms. The van der Waals surface area contributed by atoms with Crippen molar-refractivity contribution >= 4 is 39.8 Å². The Hall–Kier alpha value is -5.02. The number of thiophene rings is 1. The number of rotatable bonds is 7. The molecule has 0 aliphatic rings. The Bertz CT molecular complexity index is 1750. The number of nitrogens with two attached hydrogens (primary N) is 1. The molecule has 0 saturated carbocycles. The minimum Gasteiger partial charge on any atom is -0.383 e. The molecule has 4 N–H and O–H groups in total. The Morgan fingerprint density at radius 3 is 2.74 bits per heavy atom. The second-order valence-electron chi connectivity index (χ2n) is 8.54. The van der Waals surface area contributed by atoms with Crippen molar-refractivity contribution in [3.05, 3.63) is 94.5 Å². The first-order valence-electron chi connectivity index (χ1n) is 11.7. The Balaban J connectivity index is 1.33. The maximum absolute atomic E-state index is 13.7. The molecule has 1 unspecified atom stereocenters. The lowest BCUT2D eigenvalue weighted by Crippen LogP contribution is -2.29. The predicted molar refractivity (Wildman–Crippen MR) is 144 cm³/mol. The molecule has 0 aliphatic carbocycles. The highest BCUT2D eigenvalue weighted by atomic mass is 32.1. The SMILES string of the molecule is CC(NC(=O)c1nc(C#N)cnc1NCc1ccc(-c2ccc3ncnc(N)c3c2)s1)c1ccc(F)c(F)c1. The van der Waals surface area contributed by atoms with Gasteiger partial charge in [0.15, 0.2) is 28.8 Å². The lowest BCUT2D eigenvalue weighted by molar-refractivity contribution is 0.0935. The minimum atomic E-state index is -1.02. The van der Waals surface area contributed by atoms with Crippen LogP contribution in [0.2, 0.25) is 0 Å². The normalized spacial score (nSPS) is 11.6. The van der Waals surface area contributed by atoms with E-state index in [0.717, 1.165) is 38.4 Å². The monoisotopic (exact) mass is 542 g/mol. The van der Waals surface area contributed by atoms with Crippen LogP contribution in [0.15, 0.2) is 61.1 Å². The summed E-state index contributed by atoms with van der Waals surface area (Å²) in [5.74, 6) is -2.04. The Kier molecular flexibility index (Phi) is 7.07. The van der Waals surface area contributed by atoms with E-state index in [9.17, 15) is 18.8 Å². The fourth-order valence-electron chi connectivity index (χ4n) is 3.89. The molecule has 0 radical (unpaired) electrons. The highest BCUT2D eigenvalue weighted by Crippen LogP contribution is 2.31. The smallest absolute Gasteiger partial charge is 0.274 e. The number of carbonyl (C=O) groups is 1. The van der Waals surface area contributed by atoms with Crippen LogP contribution in [0.3, 0.4) is 0 Å². The van der Waals surface area contributed by atoms with Gasteiger partial charge in [-0.25, -0.2) is 28.7 Å². The number of hydrogen-bond acceptors (Lipinski definition) is 9.